The first kappa shape index (κ1) is 12.4. The highest BCUT2D eigenvalue weighted by Crippen LogP contribution is 2.23. The molecule has 2 aromatic rings. The summed E-state index contributed by atoms with van der Waals surface area (Å²) in [7, 11) is -1.64. The largest absolute Gasteiger partial charge is 0.304 e. The van der Waals surface area contributed by atoms with Gasteiger partial charge in [-0.25, -0.2) is 9.19 Å². The molecule has 1 heterocycles. The van der Waals surface area contributed by atoms with Gasteiger partial charge in [0, 0.05) is 17.2 Å². The summed E-state index contributed by atoms with van der Waals surface area (Å²) >= 11 is 0. The summed E-state index contributed by atoms with van der Waals surface area (Å²) in [4.78, 5) is 14.7. The minimum absolute atomic E-state index is 0.0203. The quantitative estimate of drug-likeness (QED) is 0.629. The molecule has 18 heavy (non-hydrogen) atoms. The Bertz CT molecular complexity index is 628. The third-order valence-corrected chi connectivity index (χ3v) is 3.67. The van der Waals surface area contributed by atoms with Gasteiger partial charge in [0.1, 0.15) is 10.8 Å². The van der Waals surface area contributed by atoms with Crippen LogP contribution in [0.15, 0.2) is 52.5 Å². The summed E-state index contributed by atoms with van der Waals surface area (Å²) in [6.07, 6.45) is 1.40. The van der Waals surface area contributed by atoms with Crippen molar-refractivity contribution in [2.45, 2.75) is 16.8 Å². The van der Waals surface area contributed by atoms with E-state index in [2.05, 4.69) is 4.98 Å². The zero-order chi connectivity index (χ0) is 13.1. The Morgan fingerprint density at radius 1 is 1.28 bits per heavy atom. The lowest BCUT2D eigenvalue weighted by molar-refractivity contribution is -0.388. The van der Waals surface area contributed by atoms with Crippen molar-refractivity contribution >= 4 is 16.5 Å². The smallest absolute Gasteiger partial charge is 0.258 e. The van der Waals surface area contributed by atoms with Crippen molar-refractivity contribution in [1.29, 1.82) is 0 Å². The number of nitro groups is 1. The number of aromatic nitrogens is 1. The van der Waals surface area contributed by atoms with Crippen molar-refractivity contribution in [3.05, 3.63) is 58.3 Å². The molecule has 1 aromatic heterocycles. The Hall–Kier alpha value is -2.08. The van der Waals surface area contributed by atoms with E-state index in [-0.39, 0.29) is 10.7 Å². The van der Waals surface area contributed by atoms with Crippen molar-refractivity contribution in [3.8, 4) is 0 Å². The molecule has 0 saturated carbocycles. The van der Waals surface area contributed by atoms with E-state index in [0.29, 0.717) is 4.90 Å². The van der Waals surface area contributed by atoms with Gasteiger partial charge in [0.2, 0.25) is 5.03 Å². The minimum Gasteiger partial charge on any atom is -0.258 e. The van der Waals surface area contributed by atoms with Crippen LogP contribution in [0.3, 0.4) is 0 Å². The van der Waals surface area contributed by atoms with Gasteiger partial charge in [0.15, 0.2) is 0 Å². The van der Waals surface area contributed by atoms with E-state index in [9.17, 15) is 14.3 Å². The van der Waals surface area contributed by atoms with E-state index >= 15 is 0 Å². The molecular formula is C12H10N2O3S. The van der Waals surface area contributed by atoms with Crippen LogP contribution < -0.4 is 0 Å². The fraction of sp³-hybridized carbons (Fsp3) is 0.0833. The number of hydrogen-bond donors (Lipinski definition) is 0. The number of nitrogens with zero attached hydrogens (tertiary/aromatic N) is 2. The Labute approximate surface area is 106 Å². The molecule has 1 aromatic carbocycles. The van der Waals surface area contributed by atoms with Crippen molar-refractivity contribution in [3.63, 3.8) is 0 Å². The maximum atomic E-state index is 12.3. The highest BCUT2D eigenvalue weighted by Gasteiger charge is 2.21. The third kappa shape index (κ3) is 2.43. The molecule has 0 spiro atoms. The van der Waals surface area contributed by atoms with E-state index in [4.69, 9.17) is 0 Å². The molecule has 0 aliphatic carbocycles. The molecule has 0 fully saturated rings. The summed E-state index contributed by atoms with van der Waals surface area (Å²) in [5.74, 6) is 0. The zero-order valence-corrected chi connectivity index (χ0v) is 10.4. The minimum atomic E-state index is -1.64. The second-order valence-corrected chi connectivity index (χ2v) is 5.07. The fourth-order valence-electron chi connectivity index (χ4n) is 1.51. The second kappa shape index (κ2) is 5.05. The van der Waals surface area contributed by atoms with Gasteiger partial charge in [-0.1, -0.05) is 12.1 Å². The molecule has 0 aliphatic heterocycles. The van der Waals surface area contributed by atoms with Gasteiger partial charge in [-0.3, -0.25) is 10.1 Å². The molecular weight excluding hydrogens is 252 g/mol. The molecule has 0 amide bonds. The van der Waals surface area contributed by atoms with Crippen molar-refractivity contribution in [2.24, 2.45) is 0 Å². The van der Waals surface area contributed by atoms with E-state index in [1.165, 1.54) is 18.3 Å². The monoisotopic (exact) mass is 262 g/mol. The third-order valence-electron chi connectivity index (χ3n) is 2.33. The van der Waals surface area contributed by atoms with Crippen LogP contribution in [0.4, 0.5) is 5.69 Å². The van der Waals surface area contributed by atoms with E-state index < -0.39 is 15.7 Å². The SMILES string of the molecule is Cc1cccc(S(=O)c2ncccc2[N+](=O)[O-])c1. The maximum Gasteiger partial charge on any atom is 0.304 e. The van der Waals surface area contributed by atoms with Gasteiger partial charge in [-0.2, -0.15) is 0 Å². The van der Waals surface area contributed by atoms with Gasteiger partial charge in [-0.05, 0) is 30.7 Å². The summed E-state index contributed by atoms with van der Waals surface area (Å²) in [5.41, 5.74) is 0.719. The van der Waals surface area contributed by atoms with Gasteiger partial charge in [0.05, 0.1) is 4.92 Å². The fourth-order valence-corrected chi connectivity index (χ4v) is 2.71. The molecule has 0 saturated heterocycles. The number of rotatable bonds is 3. The van der Waals surface area contributed by atoms with Crippen LogP contribution in [-0.2, 0) is 10.8 Å². The predicted octanol–water partition coefficient (Wildman–Crippen LogP) is 2.46. The first-order chi connectivity index (χ1) is 8.59. The van der Waals surface area contributed by atoms with Crippen LogP contribution in [0.5, 0.6) is 0 Å². The number of benzene rings is 1. The average molecular weight is 262 g/mol. The molecule has 6 heteroatoms. The highest BCUT2D eigenvalue weighted by molar-refractivity contribution is 7.85. The summed E-state index contributed by atoms with van der Waals surface area (Å²) in [6, 6.07) is 9.78. The lowest BCUT2D eigenvalue weighted by atomic mass is 10.2. The van der Waals surface area contributed by atoms with Crippen LogP contribution in [0.2, 0.25) is 0 Å². The number of pyridine rings is 1. The molecule has 0 radical (unpaired) electrons. The standard InChI is InChI=1S/C12H10N2O3S/c1-9-4-2-5-10(8-9)18(17)12-11(14(15)16)6-3-7-13-12/h2-8H,1H3. The first-order valence-electron chi connectivity index (χ1n) is 5.17. The van der Waals surface area contributed by atoms with Crippen molar-refractivity contribution in [2.75, 3.05) is 0 Å². The van der Waals surface area contributed by atoms with Crippen LogP contribution >= 0.6 is 0 Å². The van der Waals surface area contributed by atoms with Gasteiger partial charge in [0.25, 0.3) is 0 Å². The predicted molar refractivity (Wildman–Crippen MR) is 66.7 cm³/mol. The van der Waals surface area contributed by atoms with E-state index in [1.54, 1.807) is 18.2 Å². The summed E-state index contributed by atoms with van der Waals surface area (Å²) in [5, 5.41) is 10.8. The molecule has 2 rings (SSSR count). The van der Waals surface area contributed by atoms with Crippen molar-refractivity contribution < 1.29 is 9.13 Å². The molecule has 5 nitrogen and oxygen atoms in total. The molecule has 1 atom stereocenters. The van der Waals surface area contributed by atoms with Crippen LogP contribution in [0.25, 0.3) is 0 Å². The molecule has 0 bridgehead atoms. The lowest BCUT2D eigenvalue weighted by Gasteiger charge is -2.03. The Morgan fingerprint density at radius 3 is 2.72 bits per heavy atom. The Kier molecular flexibility index (Phi) is 3.47. The number of hydrogen-bond acceptors (Lipinski definition) is 4. The van der Waals surface area contributed by atoms with E-state index in [1.807, 2.05) is 13.0 Å². The van der Waals surface area contributed by atoms with Crippen molar-refractivity contribution in [1.82, 2.24) is 4.98 Å². The lowest BCUT2D eigenvalue weighted by Crippen LogP contribution is -2.01. The van der Waals surface area contributed by atoms with Gasteiger partial charge >= 0.3 is 5.69 Å². The van der Waals surface area contributed by atoms with Crippen LogP contribution in [0.1, 0.15) is 5.56 Å². The Morgan fingerprint density at radius 2 is 2.06 bits per heavy atom. The van der Waals surface area contributed by atoms with Gasteiger partial charge < -0.3 is 0 Å². The van der Waals surface area contributed by atoms with Crippen LogP contribution in [0, 0.1) is 17.0 Å². The maximum absolute atomic E-state index is 12.3. The second-order valence-electron chi connectivity index (χ2n) is 3.67. The molecule has 1 unspecified atom stereocenters. The first-order valence-corrected chi connectivity index (χ1v) is 6.32. The number of aryl methyl sites for hydroxylation is 1. The topological polar surface area (TPSA) is 73.1 Å². The summed E-state index contributed by atoms with van der Waals surface area (Å²) in [6.45, 7) is 1.87. The normalized spacial score (nSPS) is 12.1. The highest BCUT2D eigenvalue weighted by atomic mass is 32.2. The van der Waals surface area contributed by atoms with Gasteiger partial charge in [-0.15, -0.1) is 0 Å². The molecule has 0 N–H and O–H groups in total. The van der Waals surface area contributed by atoms with E-state index in [0.717, 1.165) is 5.56 Å². The average Bonchev–Trinajstić information content (AvgIpc) is 2.38. The molecule has 0 aliphatic rings. The van der Waals surface area contributed by atoms with Crippen LogP contribution in [-0.4, -0.2) is 14.1 Å². The zero-order valence-electron chi connectivity index (χ0n) is 9.57. The molecule has 92 valence electrons. The summed E-state index contributed by atoms with van der Waals surface area (Å²) < 4.78 is 12.3. The Balaban J connectivity index is 2.50.